The van der Waals surface area contributed by atoms with Crippen molar-refractivity contribution in [1.29, 1.82) is 0 Å². The number of carbonyl (C=O) groups excluding carboxylic acids is 2. The van der Waals surface area contributed by atoms with Gasteiger partial charge >= 0.3 is 6.09 Å². The normalized spacial score (nSPS) is 20.7. The van der Waals surface area contributed by atoms with E-state index in [1.165, 1.54) is 4.90 Å². The van der Waals surface area contributed by atoms with Crippen molar-refractivity contribution in [3.8, 4) is 0 Å². The number of halogens is 1. The lowest BCUT2D eigenvalue weighted by Crippen LogP contribution is -2.43. The fourth-order valence-electron chi connectivity index (χ4n) is 2.50. The van der Waals surface area contributed by atoms with Gasteiger partial charge in [0.2, 0.25) is 5.91 Å². The highest BCUT2D eigenvalue weighted by molar-refractivity contribution is 9.10. The maximum Gasteiger partial charge on any atom is 0.410 e. The number of likely N-dealkylation sites (tertiary alicyclic amines) is 1. The molecular formula is C16H22BrN3O3. The average molecular weight is 384 g/mol. The average Bonchev–Trinajstić information content (AvgIpc) is 2.87. The number of hydrogen-bond donors (Lipinski definition) is 1. The Morgan fingerprint density at radius 1 is 1.48 bits per heavy atom. The molecule has 2 atom stereocenters. The molecule has 0 spiro atoms. The van der Waals surface area contributed by atoms with Crippen LogP contribution in [0.5, 0.6) is 0 Å². The summed E-state index contributed by atoms with van der Waals surface area (Å²) in [5.41, 5.74) is 0. The molecule has 0 aromatic carbocycles. The van der Waals surface area contributed by atoms with Crippen molar-refractivity contribution >= 4 is 33.7 Å². The van der Waals surface area contributed by atoms with Crippen molar-refractivity contribution < 1.29 is 14.3 Å². The highest BCUT2D eigenvalue weighted by Gasteiger charge is 2.38. The predicted octanol–water partition coefficient (Wildman–Crippen LogP) is 3.29. The van der Waals surface area contributed by atoms with Crippen LogP contribution in [0, 0.1) is 11.8 Å². The monoisotopic (exact) mass is 383 g/mol. The zero-order chi connectivity index (χ0) is 17.0. The molecule has 1 saturated heterocycles. The van der Waals surface area contributed by atoms with Gasteiger partial charge in [0.05, 0.1) is 6.61 Å². The maximum atomic E-state index is 12.5. The summed E-state index contributed by atoms with van der Waals surface area (Å²) in [4.78, 5) is 30.4. The lowest BCUT2D eigenvalue weighted by atomic mass is 10.1. The van der Waals surface area contributed by atoms with Crippen LogP contribution in [0.1, 0.15) is 27.2 Å². The fraction of sp³-hybridized carbons (Fsp3) is 0.562. The molecule has 23 heavy (non-hydrogen) atoms. The van der Waals surface area contributed by atoms with Crippen LogP contribution < -0.4 is 5.32 Å². The van der Waals surface area contributed by atoms with E-state index in [2.05, 4.69) is 26.2 Å². The number of ether oxygens (including phenoxy) is 1. The first kappa shape index (κ1) is 17.7. The summed E-state index contributed by atoms with van der Waals surface area (Å²) in [5, 5.41) is 2.77. The number of rotatable bonds is 4. The van der Waals surface area contributed by atoms with Gasteiger partial charge in [-0.25, -0.2) is 9.78 Å². The van der Waals surface area contributed by atoms with Gasteiger partial charge in [0.1, 0.15) is 16.5 Å². The second-order valence-corrected chi connectivity index (χ2v) is 7.13. The molecule has 1 aromatic rings. The minimum absolute atomic E-state index is 0.235. The number of carbonyl (C=O) groups is 2. The van der Waals surface area contributed by atoms with E-state index in [9.17, 15) is 9.59 Å². The number of pyridine rings is 1. The Labute approximate surface area is 144 Å². The Morgan fingerprint density at radius 3 is 2.87 bits per heavy atom. The van der Waals surface area contributed by atoms with Gasteiger partial charge < -0.3 is 10.1 Å². The molecule has 6 nitrogen and oxygen atoms in total. The number of nitrogens with zero attached hydrogens (tertiary/aromatic N) is 2. The molecule has 1 N–H and O–H groups in total. The zero-order valence-corrected chi connectivity index (χ0v) is 15.2. The molecule has 7 heteroatoms. The van der Waals surface area contributed by atoms with Gasteiger partial charge in [-0.05, 0) is 46.3 Å². The lowest BCUT2D eigenvalue weighted by molar-refractivity contribution is -0.120. The second kappa shape index (κ2) is 7.77. The van der Waals surface area contributed by atoms with E-state index in [-0.39, 0.29) is 17.7 Å². The summed E-state index contributed by atoms with van der Waals surface area (Å²) in [6.45, 7) is 6.85. The number of amides is 2. The van der Waals surface area contributed by atoms with E-state index in [0.717, 1.165) is 0 Å². The Bertz CT molecular complexity index is 579. The van der Waals surface area contributed by atoms with Crippen molar-refractivity contribution in [3.63, 3.8) is 0 Å². The first-order chi connectivity index (χ1) is 10.9. The summed E-state index contributed by atoms with van der Waals surface area (Å²) < 4.78 is 5.91. The summed E-state index contributed by atoms with van der Waals surface area (Å²) >= 11 is 3.27. The topological polar surface area (TPSA) is 71.5 Å². The smallest absolute Gasteiger partial charge is 0.410 e. The van der Waals surface area contributed by atoms with E-state index < -0.39 is 12.1 Å². The largest absolute Gasteiger partial charge is 0.449 e. The molecule has 1 fully saturated rings. The van der Waals surface area contributed by atoms with Crippen molar-refractivity contribution in [1.82, 2.24) is 9.88 Å². The highest BCUT2D eigenvalue weighted by atomic mass is 79.9. The number of nitrogens with one attached hydrogen (secondary N) is 1. The zero-order valence-electron chi connectivity index (χ0n) is 13.6. The molecule has 1 aromatic heterocycles. The van der Waals surface area contributed by atoms with E-state index >= 15 is 0 Å². The van der Waals surface area contributed by atoms with Gasteiger partial charge in [-0.1, -0.05) is 26.8 Å². The van der Waals surface area contributed by atoms with Gasteiger partial charge in [-0.2, -0.15) is 0 Å². The van der Waals surface area contributed by atoms with Crippen molar-refractivity contribution in [2.45, 2.75) is 33.2 Å². The van der Waals surface area contributed by atoms with Crippen molar-refractivity contribution in [2.75, 3.05) is 18.5 Å². The summed E-state index contributed by atoms with van der Waals surface area (Å²) in [7, 11) is 0. The molecule has 2 unspecified atom stereocenters. The third kappa shape index (κ3) is 4.92. The molecule has 126 valence electrons. The Kier molecular flexibility index (Phi) is 5.98. The molecule has 2 heterocycles. The molecule has 2 rings (SSSR count). The molecule has 0 radical (unpaired) electrons. The van der Waals surface area contributed by atoms with E-state index in [1.54, 1.807) is 18.2 Å². The SMILES string of the molecule is CC(C)COC(=O)N1CC(C)CC1C(=O)Nc1cccc(Br)n1. The molecular weight excluding hydrogens is 362 g/mol. The van der Waals surface area contributed by atoms with Crippen LogP contribution in [-0.2, 0) is 9.53 Å². The van der Waals surface area contributed by atoms with E-state index in [4.69, 9.17) is 4.74 Å². The Morgan fingerprint density at radius 2 is 2.22 bits per heavy atom. The molecule has 1 aliphatic heterocycles. The van der Waals surface area contributed by atoms with Gasteiger partial charge in [-0.3, -0.25) is 9.69 Å². The highest BCUT2D eigenvalue weighted by Crippen LogP contribution is 2.25. The van der Waals surface area contributed by atoms with Gasteiger partial charge in [0.15, 0.2) is 0 Å². The quantitative estimate of drug-likeness (QED) is 0.809. The molecule has 0 aliphatic carbocycles. The van der Waals surface area contributed by atoms with Crippen molar-refractivity contribution in [3.05, 3.63) is 22.8 Å². The van der Waals surface area contributed by atoms with Crippen molar-refractivity contribution in [2.24, 2.45) is 11.8 Å². The summed E-state index contributed by atoms with van der Waals surface area (Å²) in [5.74, 6) is 0.741. The second-order valence-electron chi connectivity index (χ2n) is 6.31. The first-order valence-electron chi connectivity index (χ1n) is 7.73. The Balaban J connectivity index is 2.03. The van der Waals surface area contributed by atoms with Gasteiger partial charge in [0, 0.05) is 6.54 Å². The number of hydrogen-bond acceptors (Lipinski definition) is 4. The Hall–Kier alpha value is -1.63. The molecule has 2 amide bonds. The summed E-state index contributed by atoms with van der Waals surface area (Å²) in [6.07, 6.45) is 0.196. The van der Waals surface area contributed by atoms with Crippen LogP contribution in [0.15, 0.2) is 22.8 Å². The van der Waals surface area contributed by atoms with Crippen LogP contribution in [0.3, 0.4) is 0 Å². The van der Waals surface area contributed by atoms with Gasteiger partial charge in [-0.15, -0.1) is 0 Å². The maximum absolute atomic E-state index is 12.5. The standard InChI is InChI=1S/C16H22BrN3O3/c1-10(2)9-23-16(22)20-8-11(3)7-12(20)15(21)19-14-6-4-5-13(17)18-14/h4-6,10-12H,7-9H2,1-3H3,(H,18,19,21). The van der Waals surface area contributed by atoms with Gasteiger partial charge in [0.25, 0.3) is 0 Å². The lowest BCUT2D eigenvalue weighted by Gasteiger charge is -2.23. The molecule has 0 bridgehead atoms. The fourth-order valence-corrected chi connectivity index (χ4v) is 2.85. The minimum atomic E-state index is -0.523. The van der Waals surface area contributed by atoms with E-state index in [0.29, 0.717) is 30.0 Å². The van der Waals surface area contributed by atoms with Crippen LogP contribution in [0.4, 0.5) is 10.6 Å². The number of aromatic nitrogens is 1. The summed E-state index contributed by atoms with van der Waals surface area (Å²) in [6, 6.07) is 4.76. The van der Waals surface area contributed by atoms with Crippen LogP contribution in [-0.4, -0.2) is 41.1 Å². The number of anilines is 1. The predicted molar refractivity (Wildman–Crippen MR) is 91.0 cm³/mol. The van der Waals surface area contributed by atoms with Crippen LogP contribution in [0.2, 0.25) is 0 Å². The third-order valence-corrected chi connectivity index (χ3v) is 4.00. The van der Waals surface area contributed by atoms with E-state index in [1.807, 2.05) is 20.8 Å². The minimum Gasteiger partial charge on any atom is -0.449 e. The molecule has 1 aliphatic rings. The molecule has 0 saturated carbocycles. The van der Waals surface area contributed by atoms with Crippen LogP contribution in [0.25, 0.3) is 0 Å². The third-order valence-electron chi connectivity index (χ3n) is 3.55. The first-order valence-corrected chi connectivity index (χ1v) is 8.53. The van der Waals surface area contributed by atoms with Crippen LogP contribution >= 0.6 is 15.9 Å².